The fraction of sp³-hybridized carbons (Fsp3) is 0.545. The molecule has 0 saturated carbocycles. The normalized spacial score (nSPS) is 17.6. The Bertz CT molecular complexity index is 335. The first kappa shape index (κ1) is 10.9. The second-order valence-electron chi connectivity index (χ2n) is 3.77. The predicted octanol–water partition coefficient (Wildman–Crippen LogP) is 2.38. The van der Waals surface area contributed by atoms with E-state index in [1.807, 2.05) is 13.1 Å². The van der Waals surface area contributed by atoms with Gasteiger partial charge in [-0.15, -0.1) is 0 Å². The molecule has 4 heteroatoms. The summed E-state index contributed by atoms with van der Waals surface area (Å²) in [4.78, 5) is 6.74. The van der Waals surface area contributed by atoms with Crippen LogP contribution in [0.4, 0.5) is 5.82 Å². The third-order valence-electron chi connectivity index (χ3n) is 2.48. The predicted molar refractivity (Wildman–Crippen MR) is 64.3 cm³/mol. The summed E-state index contributed by atoms with van der Waals surface area (Å²) in [5.74, 6) is 1.03. The van der Waals surface area contributed by atoms with E-state index in [4.69, 9.17) is 4.74 Å². The van der Waals surface area contributed by atoms with Crippen molar-refractivity contribution < 1.29 is 4.74 Å². The lowest BCUT2D eigenvalue weighted by Crippen LogP contribution is -2.27. The van der Waals surface area contributed by atoms with Crippen LogP contribution in [0.15, 0.2) is 16.7 Å². The molecule has 0 aliphatic carbocycles. The van der Waals surface area contributed by atoms with Gasteiger partial charge in [0.1, 0.15) is 5.82 Å². The van der Waals surface area contributed by atoms with Gasteiger partial charge in [-0.25, -0.2) is 4.98 Å². The topological polar surface area (TPSA) is 25.4 Å². The highest BCUT2D eigenvalue weighted by atomic mass is 79.9. The lowest BCUT2D eigenvalue weighted by molar-refractivity contribution is 0.152. The molecule has 0 aromatic carbocycles. The first-order valence-electron chi connectivity index (χ1n) is 5.22. The molecule has 15 heavy (non-hydrogen) atoms. The van der Waals surface area contributed by atoms with Crippen LogP contribution in [0, 0.1) is 6.92 Å². The summed E-state index contributed by atoms with van der Waals surface area (Å²) in [6.07, 6.45) is 2.98. The van der Waals surface area contributed by atoms with Crippen molar-refractivity contribution in [1.29, 1.82) is 0 Å². The number of nitrogens with zero attached hydrogens (tertiary/aromatic N) is 2. The first-order valence-corrected chi connectivity index (χ1v) is 6.01. The molecule has 1 aliphatic rings. The quantitative estimate of drug-likeness (QED) is 0.784. The average molecular weight is 271 g/mol. The molecule has 1 aliphatic heterocycles. The van der Waals surface area contributed by atoms with Gasteiger partial charge in [0, 0.05) is 25.9 Å². The molecule has 0 atom stereocenters. The van der Waals surface area contributed by atoms with E-state index in [-0.39, 0.29) is 0 Å². The SMILES string of the molecule is Cc1cnc(N2CCCOCC2)c(Br)c1. The number of aryl methyl sites for hydroxylation is 1. The Morgan fingerprint density at radius 1 is 1.40 bits per heavy atom. The standard InChI is InChI=1S/C11H15BrN2O/c1-9-7-10(12)11(13-8-9)14-3-2-5-15-6-4-14/h7-8H,2-6H2,1H3. The molecule has 0 amide bonds. The monoisotopic (exact) mass is 270 g/mol. The highest BCUT2D eigenvalue weighted by molar-refractivity contribution is 9.10. The molecule has 0 radical (unpaired) electrons. The van der Waals surface area contributed by atoms with Crippen LogP contribution in [-0.4, -0.2) is 31.3 Å². The zero-order valence-electron chi connectivity index (χ0n) is 8.87. The van der Waals surface area contributed by atoms with E-state index in [1.165, 1.54) is 5.56 Å². The lowest BCUT2D eigenvalue weighted by Gasteiger charge is -2.21. The molecular formula is C11H15BrN2O. The number of hydrogen-bond donors (Lipinski definition) is 0. The van der Waals surface area contributed by atoms with Gasteiger partial charge in [0.25, 0.3) is 0 Å². The Hall–Kier alpha value is -0.610. The maximum atomic E-state index is 5.43. The summed E-state index contributed by atoms with van der Waals surface area (Å²) < 4.78 is 6.50. The molecule has 2 heterocycles. The Balaban J connectivity index is 2.19. The number of anilines is 1. The van der Waals surface area contributed by atoms with Crippen LogP contribution < -0.4 is 4.90 Å². The molecule has 2 rings (SSSR count). The maximum Gasteiger partial charge on any atom is 0.142 e. The highest BCUT2D eigenvalue weighted by Gasteiger charge is 2.13. The lowest BCUT2D eigenvalue weighted by atomic mass is 10.3. The van der Waals surface area contributed by atoms with E-state index in [9.17, 15) is 0 Å². The van der Waals surface area contributed by atoms with Gasteiger partial charge in [-0.05, 0) is 40.9 Å². The number of aromatic nitrogens is 1. The maximum absolute atomic E-state index is 5.43. The van der Waals surface area contributed by atoms with Crippen LogP contribution in [0.3, 0.4) is 0 Å². The molecule has 1 aromatic heterocycles. The van der Waals surface area contributed by atoms with Crippen LogP contribution in [0.1, 0.15) is 12.0 Å². The second kappa shape index (κ2) is 4.94. The molecule has 0 spiro atoms. The molecule has 0 unspecified atom stereocenters. The van der Waals surface area contributed by atoms with Crippen LogP contribution >= 0.6 is 15.9 Å². The Labute approximate surface area is 98.6 Å². The van der Waals surface area contributed by atoms with Gasteiger partial charge in [-0.1, -0.05) is 0 Å². The zero-order chi connectivity index (χ0) is 10.7. The molecule has 1 aromatic rings. The summed E-state index contributed by atoms with van der Waals surface area (Å²) in [5.41, 5.74) is 1.18. The van der Waals surface area contributed by atoms with Gasteiger partial charge in [0.05, 0.1) is 11.1 Å². The van der Waals surface area contributed by atoms with Gasteiger partial charge in [0.2, 0.25) is 0 Å². The minimum absolute atomic E-state index is 0.794. The number of rotatable bonds is 1. The molecule has 1 saturated heterocycles. The minimum atomic E-state index is 0.794. The Morgan fingerprint density at radius 2 is 2.27 bits per heavy atom. The highest BCUT2D eigenvalue weighted by Crippen LogP contribution is 2.25. The summed E-state index contributed by atoms with van der Waals surface area (Å²) in [5, 5.41) is 0. The van der Waals surface area contributed by atoms with Crippen LogP contribution in [0.5, 0.6) is 0 Å². The van der Waals surface area contributed by atoms with E-state index in [2.05, 4.69) is 31.9 Å². The first-order chi connectivity index (χ1) is 7.27. The van der Waals surface area contributed by atoms with Crippen molar-refractivity contribution in [2.24, 2.45) is 0 Å². The number of pyridine rings is 1. The third kappa shape index (κ3) is 2.69. The smallest absolute Gasteiger partial charge is 0.142 e. The van der Waals surface area contributed by atoms with Crippen molar-refractivity contribution in [3.8, 4) is 0 Å². The van der Waals surface area contributed by atoms with E-state index >= 15 is 0 Å². The minimum Gasteiger partial charge on any atom is -0.380 e. The van der Waals surface area contributed by atoms with Crippen molar-refractivity contribution in [1.82, 2.24) is 4.98 Å². The molecular weight excluding hydrogens is 256 g/mol. The zero-order valence-corrected chi connectivity index (χ0v) is 10.5. The van der Waals surface area contributed by atoms with E-state index in [0.29, 0.717) is 0 Å². The molecule has 82 valence electrons. The fourth-order valence-electron chi connectivity index (χ4n) is 1.72. The number of halogens is 1. The van der Waals surface area contributed by atoms with Crippen LogP contribution in [0.2, 0.25) is 0 Å². The summed E-state index contributed by atoms with van der Waals surface area (Å²) in [6, 6.07) is 2.11. The van der Waals surface area contributed by atoms with E-state index in [1.54, 1.807) is 0 Å². The van der Waals surface area contributed by atoms with Gasteiger partial charge >= 0.3 is 0 Å². The Morgan fingerprint density at radius 3 is 3.07 bits per heavy atom. The molecule has 0 N–H and O–H groups in total. The molecule has 3 nitrogen and oxygen atoms in total. The van der Waals surface area contributed by atoms with Crippen molar-refractivity contribution in [3.63, 3.8) is 0 Å². The van der Waals surface area contributed by atoms with Crippen LogP contribution in [-0.2, 0) is 4.74 Å². The summed E-state index contributed by atoms with van der Waals surface area (Å²) in [7, 11) is 0. The largest absolute Gasteiger partial charge is 0.380 e. The molecule has 0 bridgehead atoms. The van der Waals surface area contributed by atoms with Gasteiger partial charge < -0.3 is 9.64 Å². The summed E-state index contributed by atoms with van der Waals surface area (Å²) in [6.45, 7) is 5.65. The number of ether oxygens (including phenoxy) is 1. The van der Waals surface area contributed by atoms with Gasteiger partial charge in [-0.2, -0.15) is 0 Å². The van der Waals surface area contributed by atoms with E-state index in [0.717, 1.165) is 43.0 Å². The van der Waals surface area contributed by atoms with Crippen molar-refractivity contribution in [3.05, 3.63) is 22.3 Å². The third-order valence-corrected chi connectivity index (χ3v) is 3.06. The van der Waals surface area contributed by atoms with Gasteiger partial charge in [0.15, 0.2) is 0 Å². The van der Waals surface area contributed by atoms with Crippen LogP contribution in [0.25, 0.3) is 0 Å². The van der Waals surface area contributed by atoms with Crippen molar-refractivity contribution in [2.45, 2.75) is 13.3 Å². The molecule has 1 fully saturated rings. The number of hydrogen-bond acceptors (Lipinski definition) is 3. The average Bonchev–Trinajstić information content (AvgIpc) is 2.46. The fourth-order valence-corrected chi connectivity index (χ4v) is 2.43. The van der Waals surface area contributed by atoms with Gasteiger partial charge in [-0.3, -0.25) is 0 Å². The Kier molecular flexibility index (Phi) is 3.59. The van der Waals surface area contributed by atoms with Crippen molar-refractivity contribution >= 4 is 21.7 Å². The van der Waals surface area contributed by atoms with Crippen molar-refractivity contribution in [2.75, 3.05) is 31.2 Å². The summed E-state index contributed by atoms with van der Waals surface area (Å²) >= 11 is 3.56. The second-order valence-corrected chi connectivity index (χ2v) is 4.63. The van der Waals surface area contributed by atoms with E-state index < -0.39 is 0 Å².